The smallest absolute Gasteiger partial charge is 0.0265 e. The maximum atomic E-state index is 2.53. The summed E-state index contributed by atoms with van der Waals surface area (Å²) in [5.41, 5.74) is 1.11. The molecule has 0 bridgehead atoms. The minimum absolute atomic E-state index is 0.285. The van der Waals surface area contributed by atoms with Crippen LogP contribution in [0, 0.1) is 0 Å². The summed E-state index contributed by atoms with van der Waals surface area (Å²) in [5, 5.41) is 0. The molecular weight excluding hydrogens is 165 g/mol. The fourth-order valence-electron chi connectivity index (χ4n) is 1.64. The van der Waals surface area contributed by atoms with Crippen LogP contribution in [0.1, 0.15) is 33.1 Å². The fraction of sp³-hybridized carbons (Fsp3) is 1.00. The van der Waals surface area contributed by atoms with Crippen LogP contribution < -0.4 is 0 Å². The number of rotatable bonds is 5. The molecule has 1 aliphatic rings. The molecule has 72 valence electrons. The predicted octanol–water partition coefficient (Wildman–Crippen LogP) is 2.95. The van der Waals surface area contributed by atoms with Gasteiger partial charge in [-0.1, -0.05) is 14.8 Å². The van der Waals surface area contributed by atoms with E-state index >= 15 is 0 Å². The Balaban J connectivity index is 2.28. The van der Waals surface area contributed by atoms with Crippen molar-refractivity contribution < 1.29 is 0 Å². The van der Waals surface area contributed by atoms with Gasteiger partial charge in [0.05, 0.1) is 0 Å². The molecule has 0 aromatic rings. The molecule has 0 heterocycles. The Labute approximate surface area is 78.3 Å². The zero-order chi connectivity index (χ0) is 9.14. The van der Waals surface area contributed by atoms with Gasteiger partial charge in [0, 0.05) is 5.78 Å². The first kappa shape index (κ1) is 10.5. The summed E-state index contributed by atoms with van der Waals surface area (Å²) in [4.78, 5) is 2.53. The van der Waals surface area contributed by atoms with Crippen molar-refractivity contribution in [3.8, 4) is 0 Å². The van der Waals surface area contributed by atoms with Gasteiger partial charge in [0.1, 0.15) is 0 Å². The molecule has 0 saturated heterocycles. The summed E-state index contributed by atoms with van der Waals surface area (Å²) in [6.07, 6.45) is 4.30. The Morgan fingerprint density at radius 2 is 2.08 bits per heavy atom. The molecule has 0 N–H and O–H groups in total. The standard InChI is InChI=1S/C10H22NP/c1-5-8-11(3)9(2)12(4)10-6-7-10/h9-10H,5-8H2,1-4H3. The summed E-state index contributed by atoms with van der Waals surface area (Å²) in [6.45, 7) is 8.41. The molecule has 12 heavy (non-hydrogen) atoms. The lowest BCUT2D eigenvalue weighted by atomic mass is 10.4. The quantitative estimate of drug-likeness (QED) is 0.598. The van der Waals surface area contributed by atoms with E-state index in [9.17, 15) is 0 Å². The van der Waals surface area contributed by atoms with Crippen LogP contribution >= 0.6 is 7.92 Å². The minimum atomic E-state index is 0.285. The van der Waals surface area contributed by atoms with Crippen molar-refractivity contribution in [2.24, 2.45) is 0 Å². The van der Waals surface area contributed by atoms with Crippen molar-refractivity contribution in [1.29, 1.82) is 0 Å². The summed E-state index contributed by atoms with van der Waals surface area (Å²) in [5.74, 6) is 0.840. The molecule has 1 rings (SSSR count). The summed E-state index contributed by atoms with van der Waals surface area (Å²) < 4.78 is 0. The van der Waals surface area contributed by atoms with Crippen LogP contribution in [0.4, 0.5) is 0 Å². The second-order valence-corrected chi connectivity index (χ2v) is 6.82. The first-order valence-electron chi connectivity index (χ1n) is 5.09. The highest BCUT2D eigenvalue weighted by atomic mass is 31.1. The minimum Gasteiger partial charge on any atom is -0.300 e. The first-order chi connectivity index (χ1) is 5.66. The Morgan fingerprint density at radius 3 is 2.50 bits per heavy atom. The Hall–Kier alpha value is 0.390. The molecule has 2 atom stereocenters. The normalized spacial score (nSPS) is 22.8. The molecule has 0 aromatic heterocycles. The zero-order valence-corrected chi connectivity index (χ0v) is 9.77. The SMILES string of the molecule is CCCN(C)C(C)P(C)C1CC1. The third kappa shape index (κ3) is 2.71. The maximum Gasteiger partial charge on any atom is 0.0265 e. The maximum absolute atomic E-state index is 2.53. The largest absolute Gasteiger partial charge is 0.300 e. The van der Waals surface area contributed by atoms with Crippen molar-refractivity contribution in [3.05, 3.63) is 0 Å². The molecule has 0 aromatic carbocycles. The summed E-state index contributed by atoms with van der Waals surface area (Å²) in [7, 11) is 2.56. The van der Waals surface area contributed by atoms with Gasteiger partial charge in [0.2, 0.25) is 0 Å². The third-order valence-electron chi connectivity index (χ3n) is 2.93. The highest BCUT2D eigenvalue weighted by molar-refractivity contribution is 7.58. The van der Waals surface area contributed by atoms with Crippen molar-refractivity contribution in [2.75, 3.05) is 20.3 Å². The molecule has 1 aliphatic carbocycles. The summed E-state index contributed by atoms with van der Waals surface area (Å²) >= 11 is 0. The van der Waals surface area contributed by atoms with Crippen LogP contribution in [0.2, 0.25) is 0 Å². The third-order valence-corrected chi connectivity index (χ3v) is 6.17. The van der Waals surface area contributed by atoms with Crippen molar-refractivity contribution in [2.45, 2.75) is 44.6 Å². The molecule has 1 fully saturated rings. The Bertz CT molecular complexity index is 134. The van der Waals surface area contributed by atoms with E-state index < -0.39 is 0 Å². The lowest BCUT2D eigenvalue weighted by molar-refractivity contribution is 0.324. The van der Waals surface area contributed by atoms with Gasteiger partial charge in [0.15, 0.2) is 0 Å². The Kier molecular flexibility index (Phi) is 3.99. The van der Waals surface area contributed by atoms with E-state index in [1.807, 2.05) is 0 Å². The van der Waals surface area contributed by atoms with Crippen LogP contribution in [0.15, 0.2) is 0 Å². The van der Waals surface area contributed by atoms with Gasteiger partial charge in [-0.25, -0.2) is 0 Å². The molecule has 1 nitrogen and oxygen atoms in total. The van der Waals surface area contributed by atoms with E-state index in [1.165, 1.54) is 25.8 Å². The Morgan fingerprint density at radius 1 is 1.50 bits per heavy atom. The van der Waals surface area contributed by atoms with E-state index in [-0.39, 0.29) is 7.92 Å². The predicted molar refractivity (Wildman–Crippen MR) is 58.2 cm³/mol. The molecule has 0 amide bonds. The van der Waals surface area contributed by atoms with Crippen molar-refractivity contribution in [1.82, 2.24) is 4.90 Å². The van der Waals surface area contributed by atoms with E-state index in [1.54, 1.807) is 0 Å². The number of nitrogens with zero attached hydrogens (tertiary/aromatic N) is 1. The van der Waals surface area contributed by atoms with Gasteiger partial charge in [-0.15, -0.1) is 0 Å². The first-order valence-corrected chi connectivity index (χ1v) is 7.01. The lowest BCUT2D eigenvalue weighted by Crippen LogP contribution is -2.28. The summed E-state index contributed by atoms with van der Waals surface area (Å²) in [6, 6.07) is 0. The van der Waals surface area contributed by atoms with Crippen molar-refractivity contribution in [3.63, 3.8) is 0 Å². The average Bonchev–Trinajstić information content (AvgIpc) is 2.84. The zero-order valence-electron chi connectivity index (χ0n) is 8.88. The van der Waals surface area contributed by atoms with Gasteiger partial charge in [-0.3, -0.25) is 4.90 Å². The number of hydrogen-bond acceptors (Lipinski definition) is 1. The van der Waals surface area contributed by atoms with E-state index in [2.05, 4.69) is 32.5 Å². The van der Waals surface area contributed by atoms with Crippen LogP contribution in [-0.4, -0.2) is 36.6 Å². The van der Waals surface area contributed by atoms with E-state index in [4.69, 9.17) is 0 Å². The van der Waals surface area contributed by atoms with Crippen molar-refractivity contribution >= 4 is 7.92 Å². The fourth-order valence-corrected chi connectivity index (χ4v) is 3.95. The topological polar surface area (TPSA) is 3.24 Å². The van der Waals surface area contributed by atoms with E-state index in [0.29, 0.717) is 0 Å². The average molecular weight is 187 g/mol. The van der Waals surface area contributed by atoms with Crippen LogP contribution in [0.5, 0.6) is 0 Å². The van der Waals surface area contributed by atoms with Gasteiger partial charge in [0.25, 0.3) is 0 Å². The lowest BCUT2D eigenvalue weighted by Gasteiger charge is -2.29. The highest BCUT2D eigenvalue weighted by Gasteiger charge is 2.32. The molecule has 0 aliphatic heterocycles. The molecule has 2 heteroatoms. The van der Waals surface area contributed by atoms with Gasteiger partial charge in [-0.2, -0.15) is 0 Å². The van der Waals surface area contributed by atoms with Crippen LogP contribution in [0.25, 0.3) is 0 Å². The molecule has 0 radical (unpaired) electrons. The van der Waals surface area contributed by atoms with Gasteiger partial charge < -0.3 is 0 Å². The van der Waals surface area contributed by atoms with Gasteiger partial charge in [-0.05, 0) is 52.1 Å². The van der Waals surface area contributed by atoms with Gasteiger partial charge >= 0.3 is 0 Å². The molecule has 1 saturated carbocycles. The second kappa shape index (κ2) is 4.58. The molecule has 0 spiro atoms. The molecular formula is C10H22NP. The van der Waals surface area contributed by atoms with Crippen LogP contribution in [0.3, 0.4) is 0 Å². The van der Waals surface area contributed by atoms with E-state index in [0.717, 1.165) is 11.4 Å². The monoisotopic (exact) mass is 187 g/mol. The second-order valence-electron chi connectivity index (χ2n) is 4.01. The highest BCUT2D eigenvalue weighted by Crippen LogP contribution is 2.54. The van der Waals surface area contributed by atoms with Crippen LogP contribution in [-0.2, 0) is 0 Å². The number of hydrogen-bond donors (Lipinski definition) is 0. The molecule has 2 unspecified atom stereocenters.